The number of para-hydroxylation sites is 1. The number of carboxylic acids is 1. The summed E-state index contributed by atoms with van der Waals surface area (Å²) in [5.41, 5.74) is 1.98. The molecule has 144 valence electrons. The molecule has 7 nitrogen and oxygen atoms in total. The van der Waals surface area contributed by atoms with Crippen LogP contribution in [-0.4, -0.2) is 31.9 Å². The van der Waals surface area contributed by atoms with E-state index in [1.807, 2.05) is 19.1 Å². The van der Waals surface area contributed by atoms with E-state index in [1.165, 1.54) is 6.07 Å². The second-order valence-electron chi connectivity index (χ2n) is 6.29. The van der Waals surface area contributed by atoms with Crippen molar-refractivity contribution in [3.05, 3.63) is 76.4 Å². The first-order valence-corrected chi connectivity index (χ1v) is 8.86. The molecule has 8 heteroatoms. The van der Waals surface area contributed by atoms with E-state index in [0.717, 1.165) is 10.2 Å². The number of carboxylic acid groups (broad SMARTS) is 1. The highest BCUT2D eigenvalue weighted by Gasteiger charge is 2.22. The molecule has 0 fully saturated rings. The molecule has 1 heterocycles. The van der Waals surface area contributed by atoms with Crippen LogP contribution in [0.2, 0.25) is 5.02 Å². The van der Waals surface area contributed by atoms with Gasteiger partial charge in [0.15, 0.2) is 5.69 Å². The number of aromatic hydroxyl groups is 1. The molecule has 3 rings (SSSR count). The number of nitrogens with zero attached hydrogens (tertiary/aromatic N) is 2. The lowest BCUT2D eigenvalue weighted by molar-refractivity contribution is -0.137. The van der Waals surface area contributed by atoms with Crippen LogP contribution in [0.15, 0.2) is 54.6 Å². The SMILES string of the molecule is Cc1cccc([C@H](CC(=O)O)NC(=O)c2cc(O)n(-c3ccccc3Cl)n2)c1. The second-order valence-corrected chi connectivity index (χ2v) is 6.70. The molecule has 3 aromatic rings. The molecule has 0 radical (unpaired) electrons. The van der Waals surface area contributed by atoms with Crippen LogP contribution in [0.4, 0.5) is 0 Å². The Morgan fingerprint density at radius 3 is 2.61 bits per heavy atom. The van der Waals surface area contributed by atoms with Gasteiger partial charge in [0.25, 0.3) is 5.91 Å². The highest BCUT2D eigenvalue weighted by molar-refractivity contribution is 6.32. The van der Waals surface area contributed by atoms with Crippen LogP contribution in [0.3, 0.4) is 0 Å². The van der Waals surface area contributed by atoms with Crippen LogP contribution in [0.5, 0.6) is 5.88 Å². The van der Waals surface area contributed by atoms with Gasteiger partial charge in [-0.2, -0.15) is 9.78 Å². The Kier molecular flexibility index (Phi) is 5.65. The van der Waals surface area contributed by atoms with E-state index in [1.54, 1.807) is 36.4 Å². The molecule has 3 N–H and O–H groups in total. The summed E-state index contributed by atoms with van der Waals surface area (Å²) in [5, 5.41) is 26.5. The number of aliphatic carboxylic acids is 1. The molecular formula is C20H18ClN3O4. The summed E-state index contributed by atoms with van der Waals surface area (Å²) in [7, 11) is 0. The minimum absolute atomic E-state index is 0.0551. The van der Waals surface area contributed by atoms with Gasteiger partial charge in [-0.25, -0.2) is 0 Å². The van der Waals surface area contributed by atoms with Crippen molar-refractivity contribution in [2.24, 2.45) is 0 Å². The highest BCUT2D eigenvalue weighted by atomic mass is 35.5. The largest absolute Gasteiger partial charge is 0.493 e. The number of nitrogens with one attached hydrogen (secondary N) is 1. The molecule has 1 aromatic heterocycles. The fraction of sp³-hybridized carbons (Fsp3) is 0.150. The number of rotatable bonds is 6. The Morgan fingerprint density at radius 2 is 1.93 bits per heavy atom. The number of hydrogen-bond donors (Lipinski definition) is 3. The van der Waals surface area contributed by atoms with Gasteiger partial charge >= 0.3 is 5.97 Å². The number of amides is 1. The maximum absolute atomic E-state index is 12.7. The molecule has 0 unspecified atom stereocenters. The monoisotopic (exact) mass is 399 g/mol. The van der Waals surface area contributed by atoms with Crippen molar-refractivity contribution in [1.29, 1.82) is 0 Å². The maximum Gasteiger partial charge on any atom is 0.305 e. The number of carbonyl (C=O) groups is 2. The zero-order chi connectivity index (χ0) is 20.3. The quantitative estimate of drug-likeness (QED) is 0.588. The number of halogens is 1. The van der Waals surface area contributed by atoms with Crippen molar-refractivity contribution in [2.45, 2.75) is 19.4 Å². The van der Waals surface area contributed by atoms with E-state index < -0.39 is 17.9 Å². The smallest absolute Gasteiger partial charge is 0.305 e. The van der Waals surface area contributed by atoms with Crippen molar-refractivity contribution in [3.8, 4) is 11.6 Å². The van der Waals surface area contributed by atoms with E-state index in [4.69, 9.17) is 11.6 Å². The summed E-state index contributed by atoms with van der Waals surface area (Å²) in [6.07, 6.45) is -0.285. The number of benzene rings is 2. The number of aromatic nitrogens is 2. The predicted molar refractivity (Wildman–Crippen MR) is 104 cm³/mol. The summed E-state index contributed by atoms with van der Waals surface area (Å²) in [6.45, 7) is 1.88. The van der Waals surface area contributed by atoms with Crippen molar-refractivity contribution in [3.63, 3.8) is 0 Å². The molecule has 0 spiro atoms. The standard InChI is InChI=1S/C20H18ClN3O4/c1-12-5-4-6-13(9-12)15(11-19(26)27)22-20(28)16-10-18(25)24(23-16)17-8-3-2-7-14(17)21/h2-10,15,25H,11H2,1H3,(H,22,28)(H,26,27)/t15-/m0/s1. The van der Waals surface area contributed by atoms with Crippen LogP contribution in [0.1, 0.15) is 34.1 Å². The lowest BCUT2D eigenvalue weighted by atomic mass is 10.0. The average molecular weight is 400 g/mol. The van der Waals surface area contributed by atoms with Crippen LogP contribution in [0.25, 0.3) is 5.69 Å². The minimum Gasteiger partial charge on any atom is -0.493 e. The van der Waals surface area contributed by atoms with Gasteiger partial charge in [-0.3, -0.25) is 9.59 Å². The second kappa shape index (κ2) is 8.14. The van der Waals surface area contributed by atoms with Crippen LogP contribution in [0, 0.1) is 6.92 Å². The Hall–Kier alpha value is -3.32. The lowest BCUT2D eigenvalue weighted by Gasteiger charge is -2.17. The highest BCUT2D eigenvalue weighted by Crippen LogP contribution is 2.25. The average Bonchev–Trinajstić information content (AvgIpc) is 3.03. The van der Waals surface area contributed by atoms with Gasteiger partial charge in [-0.05, 0) is 24.6 Å². The molecular weight excluding hydrogens is 382 g/mol. The Morgan fingerprint density at radius 1 is 1.18 bits per heavy atom. The third-order valence-electron chi connectivity index (χ3n) is 4.13. The predicted octanol–water partition coefficient (Wildman–Crippen LogP) is 3.49. The molecule has 0 bridgehead atoms. The topological polar surface area (TPSA) is 104 Å². The fourth-order valence-corrected chi connectivity index (χ4v) is 3.04. The first-order chi connectivity index (χ1) is 13.3. The van der Waals surface area contributed by atoms with Crippen LogP contribution >= 0.6 is 11.6 Å². The van der Waals surface area contributed by atoms with Gasteiger partial charge < -0.3 is 15.5 Å². The van der Waals surface area contributed by atoms with E-state index >= 15 is 0 Å². The molecule has 28 heavy (non-hydrogen) atoms. The van der Waals surface area contributed by atoms with Gasteiger partial charge in [0.2, 0.25) is 5.88 Å². The van der Waals surface area contributed by atoms with Crippen molar-refractivity contribution in [2.75, 3.05) is 0 Å². The van der Waals surface area contributed by atoms with E-state index in [0.29, 0.717) is 16.3 Å². The molecule has 0 aliphatic carbocycles. The summed E-state index contributed by atoms with van der Waals surface area (Å²) in [6, 6.07) is 14.4. The summed E-state index contributed by atoms with van der Waals surface area (Å²) >= 11 is 6.12. The molecule has 0 saturated heterocycles. The number of hydrogen-bond acceptors (Lipinski definition) is 4. The lowest BCUT2D eigenvalue weighted by Crippen LogP contribution is -2.30. The van der Waals surface area contributed by atoms with E-state index in [2.05, 4.69) is 10.4 Å². The van der Waals surface area contributed by atoms with Crippen molar-refractivity contribution < 1.29 is 19.8 Å². The Labute approximate surface area is 166 Å². The van der Waals surface area contributed by atoms with Crippen molar-refractivity contribution in [1.82, 2.24) is 15.1 Å². The van der Waals surface area contributed by atoms with E-state index in [9.17, 15) is 19.8 Å². The van der Waals surface area contributed by atoms with Crippen LogP contribution in [-0.2, 0) is 4.79 Å². The van der Waals surface area contributed by atoms with Gasteiger partial charge in [0, 0.05) is 6.07 Å². The first kappa shape index (κ1) is 19.4. The number of carbonyl (C=O) groups excluding carboxylic acids is 1. The molecule has 2 aromatic carbocycles. The summed E-state index contributed by atoms with van der Waals surface area (Å²) in [5.74, 6) is -1.91. The Balaban J connectivity index is 1.87. The van der Waals surface area contributed by atoms with Crippen molar-refractivity contribution >= 4 is 23.5 Å². The maximum atomic E-state index is 12.7. The van der Waals surface area contributed by atoms with Gasteiger partial charge in [-0.15, -0.1) is 0 Å². The third-order valence-corrected chi connectivity index (χ3v) is 4.45. The Bertz CT molecular complexity index is 1030. The zero-order valence-corrected chi connectivity index (χ0v) is 15.7. The van der Waals surface area contributed by atoms with Gasteiger partial charge in [-0.1, -0.05) is 53.6 Å². The zero-order valence-electron chi connectivity index (χ0n) is 15.0. The minimum atomic E-state index is -1.05. The molecule has 1 atom stereocenters. The van der Waals surface area contributed by atoms with Crippen LogP contribution < -0.4 is 5.32 Å². The molecule has 0 aliphatic rings. The third kappa shape index (κ3) is 4.32. The van der Waals surface area contributed by atoms with E-state index in [-0.39, 0.29) is 18.0 Å². The van der Waals surface area contributed by atoms with Gasteiger partial charge in [0.1, 0.15) is 0 Å². The normalized spacial score (nSPS) is 11.8. The first-order valence-electron chi connectivity index (χ1n) is 8.48. The molecule has 1 amide bonds. The molecule has 0 saturated carbocycles. The van der Waals surface area contributed by atoms with Gasteiger partial charge in [0.05, 0.1) is 23.2 Å². The fourth-order valence-electron chi connectivity index (χ4n) is 2.83. The number of aryl methyl sites for hydroxylation is 1. The summed E-state index contributed by atoms with van der Waals surface area (Å²) in [4.78, 5) is 23.9. The molecule has 0 aliphatic heterocycles. The summed E-state index contributed by atoms with van der Waals surface area (Å²) < 4.78 is 1.15.